The molecule has 8 nitrogen and oxygen atoms in total. The Kier molecular flexibility index (Phi) is 6.24. The van der Waals surface area contributed by atoms with Gasteiger partial charge >= 0.3 is 6.18 Å². The zero-order chi connectivity index (χ0) is 26.4. The van der Waals surface area contributed by atoms with Gasteiger partial charge in [-0.25, -0.2) is 18.3 Å². The van der Waals surface area contributed by atoms with Gasteiger partial charge in [0.2, 0.25) is 11.9 Å². The first-order valence-electron chi connectivity index (χ1n) is 11.8. The van der Waals surface area contributed by atoms with Crippen molar-refractivity contribution in [1.29, 1.82) is 0 Å². The van der Waals surface area contributed by atoms with Gasteiger partial charge in [0.1, 0.15) is 11.7 Å². The predicted molar refractivity (Wildman–Crippen MR) is 126 cm³/mol. The zero-order valence-corrected chi connectivity index (χ0v) is 19.7. The number of carbonyl (C=O) groups excluding carboxylic acids is 1. The summed E-state index contributed by atoms with van der Waals surface area (Å²) in [4.78, 5) is 24.4. The SMILES string of the molecule is C[C@@H](NC(=O)c1cnn2ccc(-c3c[nH]c4nc(NCC5CCC(F)(F)CC5)ncc34)cc12)C(F)(F)F. The molecule has 37 heavy (non-hydrogen) atoms. The highest BCUT2D eigenvalue weighted by molar-refractivity contribution is 6.02. The van der Waals surface area contributed by atoms with Crippen molar-refractivity contribution in [2.45, 2.75) is 50.7 Å². The van der Waals surface area contributed by atoms with Crippen LogP contribution in [0.1, 0.15) is 43.0 Å². The molecule has 4 aromatic heterocycles. The molecule has 1 saturated carbocycles. The van der Waals surface area contributed by atoms with Gasteiger partial charge in [0.05, 0.1) is 17.3 Å². The second-order valence-corrected chi connectivity index (χ2v) is 9.38. The van der Waals surface area contributed by atoms with Crippen LogP contribution in [-0.4, -0.2) is 55.2 Å². The number of fused-ring (bicyclic) bond motifs is 2. The number of pyridine rings is 1. The van der Waals surface area contributed by atoms with Gasteiger partial charge in [-0.05, 0) is 43.4 Å². The van der Waals surface area contributed by atoms with E-state index in [0.29, 0.717) is 47.4 Å². The summed E-state index contributed by atoms with van der Waals surface area (Å²) in [6, 6.07) is 1.41. The van der Waals surface area contributed by atoms with E-state index in [1.807, 2.05) is 5.32 Å². The molecule has 0 spiro atoms. The van der Waals surface area contributed by atoms with E-state index in [4.69, 9.17) is 0 Å². The molecule has 0 bridgehead atoms. The average Bonchev–Trinajstić information content (AvgIpc) is 3.46. The highest BCUT2D eigenvalue weighted by Crippen LogP contribution is 2.36. The number of anilines is 1. The first kappa shape index (κ1) is 24.9. The maximum Gasteiger partial charge on any atom is 0.408 e. The minimum atomic E-state index is -4.56. The molecule has 1 atom stereocenters. The molecule has 0 unspecified atom stereocenters. The average molecular weight is 521 g/mol. The van der Waals surface area contributed by atoms with E-state index in [9.17, 15) is 26.7 Å². The zero-order valence-electron chi connectivity index (χ0n) is 19.7. The summed E-state index contributed by atoms with van der Waals surface area (Å²) in [5, 5.41) is 9.85. The first-order chi connectivity index (χ1) is 17.5. The van der Waals surface area contributed by atoms with Crippen LogP contribution in [0.3, 0.4) is 0 Å². The summed E-state index contributed by atoms with van der Waals surface area (Å²) in [5.41, 5.74) is 2.32. The van der Waals surface area contributed by atoms with Gasteiger partial charge in [0, 0.05) is 48.9 Å². The van der Waals surface area contributed by atoms with Crippen LogP contribution in [0.25, 0.3) is 27.7 Å². The number of hydrogen-bond donors (Lipinski definition) is 3. The molecular formula is C24H24F5N7O. The van der Waals surface area contributed by atoms with Gasteiger partial charge < -0.3 is 15.6 Å². The van der Waals surface area contributed by atoms with Crippen LogP contribution >= 0.6 is 0 Å². The molecule has 1 aliphatic carbocycles. The molecule has 13 heteroatoms. The summed E-state index contributed by atoms with van der Waals surface area (Å²) >= 11 is 0. The third-order valence-corrected chi connectivity index (χ3v) is 6.73. The monoisotopic (exact) mass is 521 g/mol. The molecule has 5 rings (SSSR count). The number of nitrogens with zero attached hydrogens (tertiary/aromatic N) is 4. The third-order valence-electron chi connectivity index (χ3n) is 6.73. The topological polar surface area (TPSA) is 100 Å². The van der Waals surface area contributed by atoms with Gasteiger partial charge in [-0.1, -0.05) is 0 Å². The highest BCUT2D eigenvalue weighted by Gasteiger charge is 2.37. The third kappa shape index (κ3) is 5.20. The number of amides is 1. The highest BCUT2D eigenvalue weighted by atomic mass is 19.4. The smallest absolute Gasteiger partial charge is 0.354 e. The summed E-state index contributed by atoms with van der Waals surface area (Å²) in [6.45, 7) is 1.38. The van der Waals surface area contributed by atoms with Crippen LogP contribution in [0.2, 0.25) is 0 Å². The second kappa shape index (κ2) is 9.27. The lowest BCUT2D eigenvalue weighted by Crippen LogP contribution is -2.43. The summed E-state index contributed by atoms with van der Waals surface area (Å²) in [6.07, 6.45) is 2.30. The van der Waals surface area contributed by atoms with Crippen LogP contribution in [0.5, 0.6) is 0 Å². The normalized spacial score (nSPS) is 17.2. The Bertz CT molecular complexity index is 1430. The Balaban J connectivity index is 1.34. The predicted octanol–water partition coefficient (Wildman–Crippen LogP) is 5.19. The molecule has 1 fully saturated rings. The molecular weight excluding hydrogens is 497 g/mol. The fourth-order valence-corrected chi connectivity index (χ4v) is 4.45. The molecule has 0 aliphatic heterocycles. The fourth-order valence-electron chi connectivity index (χ4n) is 4.45. The van der Waals surface area contributed by atoms with E-state index < -0.39 is 24.0 Å². The molecule has 3 N–H and O–H groups in total. The Labute approximate surface area is 207 Å². The molecule has 0 saturated heterocycles. The van der Waals surface area contributed by atoms with E-state index in [1.165, 1.54) is 10.7 Å². The van der Waals surface area contributed by atoms with Gasteiger partial charge in [0.25, 0.3) is 5.91 Å². The van der Waals surface area contributed by atoms with Gasteiger partial charge in [-0.15, -0.1) is 0 Å². The number of H-pyrrole nitrogens is 1. The number of halogens is 5. The van der Waals surface area contributed by atoms with Gasteiger partial charge in [-0.2, -0.15) is 23.3 Å². The minimum absolute atomic E-state index is 0.0148. The van der Waals surface area contributed by atoms with Crippen molar-refractivity contribution in [2.24, 2.45) is 5.92 Å². The van der Waals surface area contributed by atoms with Crippen LogP contribution in [0.4, 0.5) is 27.9 Å². The Morgan fingerprint density at radius 3 is 2.76 bits per heavy atom. The van der Waals surface area contributed by atoms with Gasteiger partial charge in [0.15, 0.2) is 0 Å². The number of aromatic nitrogens is 5. The van der Waals surface area contributed by atoms with Crippen molar-refractivity contribution in [3.8, 4) is 11.1 Å². The first-order valence-corrected chi connectivity index (χ1v) is 11.8. The number of rotatable bonds is 6. The van der Waals surface area contributed by atoms with Crippen molar-refractivity contribution < 1.29 is 26.7 Å². The molecule has 0 radical (unpaired) electrons. The van der Waals surface area contributed by atoms with Crippen molar-refractivity contribution in [3.63, 3.8) is 0 Å². The molecule has 4 aromatic rings. The van der Waals surface area contributed by atoms with E-state index >= 15 is 0 Å². The molecule has 4 heterocycles. The standard InChI is InChI=1S/C24H24F5N7O/c1-13(24(27,28)29)34-21(37)18-12-33-36-7-4-15(8-19(18)36)16-10-30-20-17(16)11-32-22(35-20)31-9-14-2-5-23(25,26)6-3-14/h4,7-8,10-14H,2-3,5-6,9H2,1H3,(H,34,37)(H2,30,31,32,35)/t13-/m1/s1. The summed E-state index contributed by atoms with van der Waals surface area (Å²) in [5.74, 6) is -2.94. The van der Waals surface area contributed by atoms with Crippen LogP contribution in [0, 0.1) is 5.92 Å². The fraction of sp³-hybridized carbons (Fsp3) is 0.417. The van der Waals surface area contributed by atoms with Crippen molar-refractivity contribution >= 4 is 28.4 Å². The number of aromatic amines is 1. The second-order valence-electron chi connectivity index (χ2n) is 9.38. The van der Waals surface area contributed by atoms with Crippen LogP contribution in [0.15, 0.2) is 36.9 Å². The summed E-state index contributed by atoms with van der Waals surface area (Å²) < 4.78 is 66.8. The lowest BCUT2D eigenvalue weighted by molar-refractivity contribution is -0.149. The minimum Gasteiger partial charge on any atom is -0.354 e. The van der Waals surface area contributed by atoms with E-state index in [2.05, 4.69) is 25.4 Å². The lowest BCUT2D eigenvalue weighted by Gasteiger charge is -2.28. The summed E-state index contributed by atoms with van der Waals surface area (Å²) in [7, 11) is 0. The largest absolute Gasteiger partial charge is 0.408 e. The van der Waals surface area contributed by atoms with Crippen LogP contribution in [-0.2, 0) is 0 Å². The maximum atomic E-state index is 13.4. The molecule has 1 aliphatic rings. The van der Waals surface area contributed by atoms with Crippen molar-refractivity contribution in [3.05, 3.63) is 42.5 Å². The lowest BCUT2D eigenvalue weighted by atomic mass is 9.87. The number of alkyl halides is 5. The van der Waals surface area contributed by atoms with Crippen molar-refractivity contribution in [1.82, 2.24) is 29.9 Å². The molecule has 0 aromatic carbocycles. The quantitative estimate of drug-likeness (QED) is 0.303. The van der Waals surface area contributed by atoms with E-state index in [1.54, 1.807) is 30.7 Å². The maximum absolute atomic E-state index is 13.4. The Hall–Kier alpha value is -3.77. The van der Waals surface area contributed by atoms with E-state index in [0.717, 1.165) is 12.5 Å². The Morgan fingerprint density at radius 1 is 1.27 bits per heavy atom. The van der Waals surface area contributed by atoms with Crippen LogP contribution < -0.4 is 10.6 Å². The van der Waals surface area contributed by atoms with E-state index in [-0.39, 0.29) is 24.3 Å². The number of hydrogen-bond acceptors (Lipinski definition) is 5. The molecule has 196 valence electrons. The molecule has 1 amide bonds. The number of nitrogens with one attached hydrogen (secondary N) is 3. The Morgan fingerprint density at radius 2 is 2.03 bits per heavy atom. The van der Waals surface area contributed by atoms with Crippen molar-refractivity contribution in [2.75, 3.05) is 11.9 Å². The van der Waals surface area contributed by atoms with Gasteiger partial charge in [-0.3, -0.25) is 4.79 Å². The number of carbonyl (C=O) groups is 1.